The number of ether oxygens (including phenoxy) is 1. The van der Waals surface area contributed by atoms with E-state index < -0.39 is 20.9 Å². The van der Waals surface area contributed by atoms with Gasteiger partial charge in [0.05, 0.1) is 17.6 Å². The normalized spacial score (nSPS) is 14.9. The molecule has 0 bridgehead atoms. The van der Waals surface area contributed by atoms with Gasteiger partial charge >= 0.3 is 0 Å². The number of rotatable bonds is 6. The molecule has 3 aromatic rings. The molecule has 0 aliphatic carbocycles. The number of sulfonamides is 1. The minimum Gasteiger partial charge on any atom is -0.495 e. The molecular weight excluding hydrogens is 436 g/mol. The van der Waals surface area contributed by atoms with Crippen molar-refractivity contribution in [3.05, 3.63) is 58.3 Å². The van der Waals surface area contributed by atoms with Crippen LogP contribution in [0.4, 0.5) is 11.4 Å². The van der Waals surface area contributed by atoms with E-state index in [0.717, 1.165) is 19.3 Å². The fourth-order valence-corrected chi connectivity index (χ4v) is 5.51. The number of anilines is 1. The number of hydrogen-bond donors (Lipinski definition) is 2. The monoisotopic (exact) mass is 458 g/mol. The molecule has 1 aliphatic heterocycles. The number of benzene rings is 2. The van der Waals surface area contributed by atoms with Crippen molar-refractivity contribution < 1.29 is 22.9 Å². The van der Waals surface area contributed by atoms with Gasteiger partial charge in [-0.25, -0.2) is 8.42 Å². The van der Waals surface area contributed by atoms with Crippen LogP contribution in [0, 0.1) is 10.1 Å². The molecule has 0 atom stereocenters. The van der Waals surface area contributed by atoms with E-state index in [1.54, 1.807) is 6.07 Å². The Morgan fingerprint density at radius 2 is 1.91 bits per heavy atom. The first kappa shape index (κ1) is 21.8. The van der Waals surface area contributed by atoms with Gasteiger partial charge in [-0.15, -0.1) is 0 Å². The minimum absolute atomic E-state index is 0.0192. The number of fused-ring (bicyclic) bond motifs is 1. The number of nitro benzene ring substituents is 1. The number of nitro groups is 1. The van der Waals surface area contributed by atoms with Crippen LogP contribution in [0.25, 0.3) is 10.9 Å². The molecule has 0 radical (unpaired) electrons. The Morgan fingerprint density at radius 1 is 1.16 bits per heavy atom. The maximum atomic E-state index is 13.2. The number of nitrogens with zero attached hydrogens (tertiary/aromatic N) is 2. The topological polar surface area (TPSA) is 135 Å². The Bertz CT molecular complexity index is 1290. The third kappa shape index (κ3) is 4.04. The van der Waals surface area contributed by atoms with E-state index in [-0.39, 0.29) is 27.6 Å². The predicted molar refractivity (Wildman–Crippen MR) is 119 cm³/mol. The highest BCUT2D eigenvalue weighted by atomic mass is 32.2. The Hall–Kier alpha value is -3.44. The van der Waals surface area contributed by atoms with Gasteiger partial charge in [-0.1, -0.05) is 6.42 Å². The first-order valence-electron chi connectivity index (χ1n) is 10.1. The number of H-pyrrole nitrogens is 1. The first-order chi connectivity index (χ1) is 15.3. The molecule has 1 fully saturated rings. The fourth-order valence-electron chi connectivity index (χ4n) is 3.81. The average Bonchev–Trinajstić information content (AvgIpc) is 3.23. The van der Waals surface area contributed by atoms with Crippen LogP contribution in [0.15, 0.2) is 47.5 Å². The number of aromatic amines is 1. The zero-order valence-corrected chi connectivity index (χ0v) is 18.1. The zero-order chi connectivity index (χ0) is 22.9. The Kier molecular flexibility index (Phi) is 5.85. The molecule has 1 saturated heterocycles. The summed E-state index contributed by atoms with van der Waals surface area (Å²) >= 11 is 0. The van der Waals surface area contributed by atoms with Gasteiger partial charge in [0.15, 0.2) is 0 Å². The van der Waals surface area contributed by atoms with Crippen molar-refractivity contribution in [3.63, 3.8) is 0 Å². The Balaban J connectivity index is 1.66. The third-order valence-electron chi connectivity index (χ3n) is 5.48. The van der Waals surface area contributed by atoms with Gasteiger partial charge in [0.2, 0.25) is 10.0 Å². The van der Waals surface area contributed by atoms with Crippen molar-refractivity contribution in [1.82, 2.24) is 9.29 Å². The van der Waals surface area contributed by atoms with E-state index in [1.165, 1.54) is 47.9 Å². The number of hydrogen-bond acceptors (Lipinski definition) is 6. The van der Waals surface area contributed by atoms with E-state index in [9.17, 15) is 23.3 Å². The van der Waals surface area contributed by atoms with Gasteiger partial charge < -0.3 is 15.0 Å². The van der Waals surface area contributed by atoms with E-state index in [1.807, 2.05) is 0 Å². The summed E-state index contributed by atoms with van der Waals surface area (Å²) in [6.45, 7) is 0.881. The molecule has 2 aromatic carbocycles. The number of carbonyl (C=O) groups excluding carboxylic acids is 1. The lowest BCUT2D eigenvalue weighted by molar-refractivity contribution is -0.384. The molecule has 168 valence electrons. The molecule has 1 aromatic heterocycles. The molecule has 0 unspecified atom stereocenters. The van der Waals surface area contributed by atoms with E-state index in [0.29, 0.717) is 24.0 Å². The SMILES string of the molecule is COc1ccc(NC(=O)c2c[nH]c3ccc([N+](=O)[O-])cc23)cc1S(=O)(=O)N1CCCCC1. The van der Waals surface area contributed by atoms with Crippen molar-refractivity contribution in [1.29, 1.82) is 0 Å². The smallest absolute Gasteiger partial charge is 0.270 e. The van der Waals surface area contributed by atoms with Crippen molar-refractivity contribution >= 4 is 38.2 Å². The van der Waals surface area contributed by atoms with Crippen LogP contribution in [-0.4, -0.2) is 48.7 Å². The number of piperidine rings is 1. The van der Waals surface area contributed by atoms with Crippen LogP contribution in [0.5, 0.6) is 5.75 Å². The Morgan fingerprint density at radius 3 is 2.59 bits per heavy atom. The number of methoxy groups -OCH3 is 1. The van der Waals surface area contributed by atoms with Crippen molar-refractivity contribution in [2.45, 2.75) is 24.2 Å². The van der Waals surface area contributed by atoms with Gasteiger partial charge in [0, 0.05) is 48.0 Å². The maximum absolute atomic E-state index is 13.2. The molecule has 0 spiro atoms. The second kappa shape index (κ2) is 8.60. The lowest BCUT2D eigenvalue weighted by Crippen LogP contribution is -2.35. The quantitative estimate of drug-likeness (QED) is 0.429. The molecule has 32 heavy (non-hydrogen) atoms. The number of carbonyl (C=O) groups is 1. The molecule has 2 heterocycles. The molecule has 1 amide bonds. The summed E-state index contributed by atoms with van der Waals surface area (Å²) in [7, 11) is -2.40. The lowest BCUT2D eigenvalue weighted by atomic mass is 10.1. The van der Waals surface area contributed by atoms with E-state index >= 15 is 0 Å². The summed E-state index contributed by atoms with van der Waals surface area (Å²) < 4.78 is 33.0. The fraction of sp³-hybridized carbons (Fsp3) is 0.286. The molecule has 11 heteroatoms. The summed E-state index contributed by atoms with van der Waals surface area (Å²) in [6.07, 6.45) is 4.04. The van der Waals surface area contributed by atoms with Gasteiger partial charge in [-0.2, -0.15) is 4.31 Å². The lowest BCUT2D eigenvalue weighted by Gasteiger charge is -2.26. The molecule has 10 nitrogen and oxygen atoms in total. The standard InChI is InChI=1S/C21H22N4O6S/c1-31-19-8-5-14(11-20(19)32(29,30)24-9-3-2-4-10-24)23-21(26)17-13-22-18-7-6-15(25(27)28)12-16(17)18/h5-8,11-13,22H,2-4,9-10H2,1H3,(H,23,26). The third-order valence-corrected chi connectivity index (χ3v) is 7.39. The van der Waals surface area contributed by atoms with Crippen molar-refractivity contribution in [2.75, 3.05) is 25.5 Å². The second-order valence-electron chi connectivity index (χ2n) is 7.47. The van der Waals surface area contributed by atoms with Gasteiger partial charge in [0.25, 0.3) is 11.6 Å². The van der Waals surface area contributed by atoms with Crippen LogP contribution in [0.2, 0.25) is 0 Å². The largest absolute Gasteiger partial charge is 0.495 e. The van der Waals surface area contributed by atoms with Gasteiger partial charge in [-0.05, 0) is 37.1 Å². The number of nitrogens with one attached hydrogen (secondary N) is 2. The number of non-ortho nitro benzene ring substituents is 1. The average molecular weight is 458 g/mol. The van der Waals surface area contributed by atoms with Crippen LogP contribution in [-0.2, 0) is 10.0 Å². The maximum Gasteiger partial charge on any atom is 0.270 e. The molecule has 1 aliphatic rings. The highest BCUT2D eigenvalue weighted by Crippen LogP contribution is 2.32. The molecular formula is C21H22N4O6S. The van der Waals surface area contributed by atoms with Crippen molar-refractivity contribution in [2.24, 2.45) is 0 Å². The minimum atomic E-state index is -3.79. The van der Waals surface area contributed by atoms with Crippen LogP contribution >= 0.6 is 0 Å². The Labute approximate surface area is 184 Å². The van der Waals surface area contributed by atoms with Gasteiger partial charge in [0.1, 0.15) is 10.6 Å². The zero-order valence-electron chi connectivity index (χ0n) is 17.3. The highest BCUT2D eigenvalue weighted by Gasteiger charge is 2.29. The summed E-state index contributed by atoms with van der Waals surface area (Å²) in [6, 6.07) is 8.61. The summed E-state index contributed by atoms with van der Waals surface area (Å²) in [5.74, 6) is -0.334. The van der Waals surface area contributed by atoms with Crippen LogP contribution in [0.3, 0.4) is 0 Å². The second-order valence-corrected chi connectivity index (χ2v) is 9.38. The molecule has 4 rings (SSSR count). The van der Waals surface area contributed by atoms with E-state index in [4.69, 9.17) is 4.74 Å². The molecule has 0 saturated carbocycles. The summed E-state index contributed by atoms with van der Waals surface area (Å²) in [5, 5.41) is 14.2. The number of aromatic nitrogens is 1. The summed E-state index contributed by atoms with van der Waals surface area (Å²) in [5.41, 5.74) is 0.917. The van der Waals surface area contributed by atoms with Crippen molar-refractivity contribution in [3.8, 4) is 5.75 Å². The van der Waals surface area contributed by atoms with Crippen LogP contribution in [0.1, 0.15) is 29.6 Å². The number of amides is 1. The highest BCUT2D eigenvalue weighted by molar-refractivity contribution is 7.89. The van der Waals surface area contributed by atoms with Gasteiger partial charge in [-0.3, -0.25) is 14.9 Å². The molecule has 2 N–H and O–H groups in total. The van der Waals surface area contributed by atoms with E-state index in [2.05, 4.69) is 10.3 Å². The summed E-state index contributed by atoms with van der Waals surface area (Å²) in [4.78, 5) is 26.3. The first-order valence-corrected chi connectivity index (χ1v) is 11.5. The van der Waals surface area contributed by atoms with Crippen LogP contribution < -0.4 is 10.1 Å². The predicted octanol–water partition coefficient (Wildman–Crippen LogP) is 3.51.